The van der Waals surface area contributed by atoms with Gasteiger partial charge < -0.3 is 5.11 Å². The van der Waals surface area contributed by atoms with E-state index >= 15 is 0 Å². The minimum atomic E-state index is 0.325. The number of aliphatic hydroxyl groups is 1. The molecule has 0 aromatic rings. The molecule has 1 heterocycles. The van der Waals surface area contributed by atoms with Gasteiger partial charge in [0.2, 0.25) is 0 Å². The molecule has 2 atom stereocenters. The maximum atomic E-state index is 9.19. The molecule has 0 aromatic heterocycles. The molecule has 14 heavy (non-hydrogen) atoms. The second-order valence-corrected chi connectivity index (χ2v) is 4.68. The third-order valence-electron chi connectivity index (χ3n) is 3.16. The summed E-state index contributed by atoms with van der Waals surface area (Å²) < 4.78 is 0. The van der Waals surface area contributed by atoms with Crippen molar-refractivity contribution in [3.63, 3.8) is 0 Å². The van der Waals surface area contributed by atoms with E-state index in [1.54, 1.807) is 0 Å². The van der Waals surface area contributed by atoms with E-state index in [0.29, 0.717) is 18.6 Å². The SMILES string of the molecule is CCCC(CS)CN1CCCC1CO. The lowest BCUT2D eigenvalue weighted by molar-refractivity contribution is 0.144. The lowest BCUT2D eigenvalue weighted by atomic mass is 10.1. The Morgan fingerprint density at radius 2 is 2.36 bits per heavy atom. The first-order valence-electron chi connectivity index (χ1n) is 5.77. The van der Waals surface area contributed by atoms with Gasteiger partial charge in [0, 0.05) is 12.6 Å². The first kappa shape index (κ1) is 12.3. The molecule has 2 nitrogen and oxygen atoms in total. The van der Waals surface area contributed by atoms with Gasteiger partial charge in [0.15, 0.2) is 0 Å². The van der Waals surface area contributed by atoms with Gasteiger partial charge in [0.05, 0.1) is 6.61 Å². The second kappa shape index (κ2) is 6.70. The maximum Gasteiger partial charge on any atom is 0.0586 e. The van der Waals surface area contributed by atoms with Crippen molar-refractivity contribution in [2.75, 3.05) is 25.4 Å². The highest BCUT2D eigenvalue weighted by Crippen LogP contribution is 2.20. The van der Waals surface area contributed by atoms with Crippen LogP contribution in [0, 0.1) is 5.92 Å². The van der Waals surface area contributed by atoms with Gasteiger partial charge >= 0.3 is 0 Å². The van der Waals surface area contributed by atoms with E-state index < -0.39 is 0 Å². The summed E-state index contributed by atoms with van der Waals surface area (Å²) in [5.41, 5.74) is 0. The standard InChI is InChI=1S/C11H23NOS/c1-2-4-10(9-14)7-12-6-3-5-11(12)8-13/h10-11,13-14H,2-9H2,1H3. The normalized spacial score (nSPS) is 25.5. The van der Waals surface area contributed by atoms with Crippen LogP contribution in [0.5, 0.6) is 0 Å². The van der Waals surface area contributed by atoms with Crippen LogP contribution in [0.3, 0.4) is 0 Å². The lowest BCUT2D eigenvalue weighted by Crippen LogP contribution is -2.36. The molecular formula is C11H23NOS. The summed E-state index contributed by atoms with van der Waals surface area (Å²) >= 11 is 4.39. The number of likely N-dealkylation sites (tertiary alicyclic amines) is 1. The summed E-state index contributed by atoms with van der Waals surface area (Å²) in [5.74, 6) is 1.68. The quantitative estimate of drug-likeness (QED) is 0.663. The van der Waals surface area contributed by atoms with Crippen LogP contribution >= 0.6 is 12.6 Å². The molecule has 1 aliphatic heterocycles. The van der Waals surface area contributed by atoms with Crippen molar-refractivity contribution < 1.29 is 5.11 Å². The van der Waals surface area contributed by atoms with Crippen molar-refractivity contribution in [2.45, 2.75) is 38.6 Å². The minimum Gasteiger partial charge on any atom is -0.395 e. The van der Waals surface area contributed by atoms with E-state index in [0.717, 1.165) is 12.3 Å². The molecule has 84 valence electrons. The first-order valence-corrected chi connectivity index (χ1v) is 6.40. The molecular weight excluding hydrogens is 194 g/mol. The molecule has 0 aliphatic carbocycles. The van der Waals surface area contributed by atoms with E-state index in [4.69, 9.17) is 0 Å². The Morgan fingerprint density at radius 1 is 1.57 bits per heavy atom. The molecule has 1 rings (SSSR count). The molecule has 1 saturated heterocycles. The smallest absolute Gasteiger partial charge is 0.0586 e. The molecule has 0 saturated carbocycles. The number of hydrogen-bond acceptors (Lipinski definition) is 3. The van der Waals surface area contributed by atoms with Crippen LogP contribution < -0.4 is 0 Å². The lowest BCUT2D eigenvalue weighted by Gasteiger charge is -2.27. The summed E-state index contributed by atoms with van der Waals surface area (Å²) in [6, 6.07) is 0.425. The Balaban J connectivity index is 2.32. The fraction of sp³-hybridized carbons (Fsp3) is 1.00. The second-order valence-electron chi connectivity index (χ2n) is 4.31. The monoisotopic (exact) mass is 217 g/mol. The van der Waals surface area contributed by atoms with E-state index in [2.05, 4.69) is 24.5 Å². The third-order valence-corrected chi connectivity index (χ3v) is 3.67. The van der Waals surface area contributed by atoms with Gasteiger partial charge in [-0.3, -0.25) is 4.90 Å². The van der Waals surface area contributed by atoms with Crippen LogP contribution in [-0.2, 0) is 0 Å². The molecule has 0 aromatic carbocycles. The molecule has 0 radical (unpaired) electrons. The van der Waals surface area contributed by atoms with Gasteiger partial charge in [-0.25, -0.2) is 0 Å². The summed E-state index contributed by atoms with van der Waals surface area (Å²) in [4.78, 5) is 2.44. The fourth-order valence-electron chi connectivity index (χ4n) is 2.32. The van der Waals surface area contributed by atoms with Crippen LogP contribution in [0.2, 0.25) is 0 Å². The average Bonchev–Trinajstić information content (AvgIpc) is 2.64. The van der Waals surface area contributed by atoms with Crippen molar-refractivity contribution in [1.82, 2.24) is 4.90 Å². The Labute approximate surface area is 93.1 Å². The van der Waals surface area contributed by atoms with E-state index in [1.165, 1.54) is 32.2 Å². The number of hydrogen-bond donors (Lipinski definition) is 2. The van der Waals surface area contributed by atoms with Crippen LogP contribution in [-0.4, -0.2) is 41.5 Å². The van der Waals surface area contributed by atoms with Crippen LogP contribution in [0.25, 0.3) is 0 Å². The summed E-state index contributed by atoms with van der Waals surface area (Å²) in [6.45, 7) is 4.84. The predicted molar refractivity (Wildman–Crippen MR) is 63.9 cm³/mol. The average molecular weight is 217 g/mol. The van der Waals surface area contributed by atoms with Gasteiger partial charge in [-0.1, -0.05) is 13.3 Å². The number of rotatable bonds is 6. The zero-order valence-corrected chi connectivity index (χ0v) is 10.0. The Hall–Kier alpha value is 0.270. The number of thiol groups is 1. The Morgan fingerprint density at radius 3 is 2.93 bits per heavy atom. The Bertz CT molecular complexity index is 154. The van der Waals surface area contributed by atoms with Crippen molar-refractivity contribution >= 4 is 12.6 Å². The van der Waals surface area contributed by atoms with Crippen molar-refractivity contribution in [2.24, 2.45) is 5.92 Å². The molecule has 2 unspecified atom stereocenters. The summed E-state index contributed by atoms with van der Waals surface area (Å²) in [5, 5.41) is 9.19. The largest absolute Gasteiger partial charge is 0.395 e. The van der Waals surface area contributed by atoms with Crippen LogP contribution in [0.15, 0.2) is 0 Å². The number of nitrogens with zero attached hydrogens (tertiary/aromatic N) is 1. The van der Waals surface area contributed by atoms with E-state index in [1.807, 2.05) is 0 Å². The minimum absolute atomic E-state index is 0.325. The summed E-state index contributed by atoms with van der Waals surface area (Å²) in [6.07, 6.45) is 4.92. The zero-order chi connectivity index (χ0) is 10.4. The summed E-state index contributed by atoms with van der Waals surface area (Å²) in [7, 11) is 0. The molecule has 1 aliphatic rings. The molecule has 0 bridgehead atoms. The van der Waals surface area contributed by atoms with Crippen molar-refractivity contribution in [3.05, 3.63) is 0 Å². The van der Waals surface area contributed by atoms with Gasteiger partial charge in [-0.05, 0) is 37.5 Å². The van der Waals surface area contributed by atoms with Gasteiger partial charge in [0.25, 0.3) is 0 Å². The predicted octanol–water partition coefficient (Wildman–Crippen LogP) is 1.79. The van der Waals surface area contributed by atoms with E-state index in [9.17, 15) is 5.11 Å². The highest BCUT2D eigenvalue weighted by molar-refractivity contribution is 7.80. The molecule has 1 fully saturated rings. The maximum absolute atomic E-state index is 9.19. The Kier molecular flexibility index (Phi) is 5.90. The molecule has 1 N–H and O–H groups in total. The van der Waals surface area contributed by atoms with Crippen LogP contribution in [0.4, 0.5) is 0 Å². The van der Waals surface area contributed by atoms with E-state index in [-0.39, 0.29) is 0 Å². The van der Waals surface area contributed by atoms with Gasteiger partial charge in [0.1, 0.15) is 0 Å². The fourth-order valence-corrected chi connectivity index (χ4v) is 2.62. The van der Waals surface area contributed by atoms with Crippen LogP contribution in [0.1, 0.15) is 32.6 Å². The number of aliphatic hydroxyl groups excluding tert-OH is 1. The highest BCUT2D eigenvalue weighted by atomic mass is 32.1. The molecule has 3 heteroatoms. The topological polar surface area (TPSA) is 23.5 Å². The zero-order valence-electron chi connectivity index (χ0n) is 9.15. The highest BCUT2D eigenvalue weighted by Gasteiger charge is 2.25. The van der Waals surface area contributed by atoms with Crippen molar-refractivity contribution in [3.8, 4) is 0 Å². The van der Waals surface area contributed by atoms with Gasteiger partial charge in [-0.15, -0.1) is 0 Å². The molecule has 0 amide bonds. The third kappa shape index (κ3) is 3.44. The van der Waals surface area contributed by atoms with Gasteiger partial charge in [-0.2, -0.15) is 12.6 Å². The van der Waals surface area contributed by atoms with Crippen molar-refractivity contribution in [1.29, 1.82) is 0 Å². The first-order chi connectivity index (χ1) is 6.81. The molecule has 0 spiro atoms.